The molecule has 3 N–H and O–H groups in total. The van der Waals surface area contributed by atoms with E-state index in [1.54, 1.807) is 6.07 Å². The maximum absolute atomic E-state index is 11.3. The first kappa shape index (κ1) is 14.2. The number of carboxylic acid groups (broad SMARTS) is 1. The van der Waals surface area contributed by atoms with Crippen LogP contribution in [0.3, 0.4) is 0 Å². The lowest BCUT2D eigenvalue weighted by Crippen LogP contribution is -2.22. The number of carboxylic acids is 1. The van der Waals surface area contributed by atoms with Crippen molar-refractivity contribution in [1.29, 1.82) is 0 Å². The molecule has 1 heterocycles. The highest BCUT2D eigenvalue weighted by Gasteiger charge is 2.18. The fraction of sp³-hybridized carbons (Fsp3) is 0.357. The van der Waals surface area contributed by atoms with Gasteiger partial charge in [-0.15, -0.1) is 10.2 Å². The van der Waals surface area contributed by atoms with Gasteiger partial charge in [0.2, 0.25) is 0 Å². The summed E-state index contributed by atoms with van der Waals surface area (Å²) in [5.41, 5.74) is 1.00. The minimum atomic E-state index is -1.12. The predicted molar refractivity (Wildman–Crippen MR) is 75.9 cm³/mol. The molecule has 1 unspecified atom stereocenters. The topological polar surface area (TPSA) is 95.3 Å². The van der Waals surface area contributed by atoms with E-state index >= 15 is 0 Å². The number of aliphatic hydroxyl groups excluding tert-OH is 1. The predicted octanol–water partition coefficient (Wildman–Crippen LogP) is 1.90. The number of rotatable bonds is 6. The number of hydrogen-bond acceptors (Lipinski definition) is 5. The Morgan fingerprint density at radius 2 is 2.10 bits per heavy atom. The Morgan fingerprint density at radius 3 is 2.75 bits per heavy atom. The SMILES string of the molecule is CCC(CCO)Nc1c(C(=O)O)nnc2ccccc12. The van der Waals surface area contributed by atoms with Gasteiger partial charge in [-0.3, -0.25) is 0 Å². The average molecular weight is 275 g/mol. The zero-order valence-corrected chi connectivity index (χ0v) is 11.2. The maximum atomic E-state index is 11.3. The van der Waals surface area contributed by atoms with Gasteiger partial charge in [-0.2, -0.15) is 0 Å². The molecule has 0 aliphatic heterocycles. The molecule has 0 aliphatic rings. The summed E-state index contributed by atoms with van der Waals surface area (Å²) in [5, 5.41) is 29.9. The third-order valence-electron chi connectivity index (χ3n) is 3.19. The molecule has 1 aromatic carbocycles. The number of nitrogens with one attached hydrogen (secondary N) is 1. The van der Waals surface area contributed by atoms with Crippen LogP contribution in [0.5, 0.6) is 0 Å². The van der Waals surface area contributed by atoms with Crippen molar-refractivity contribution in [2.24, 2.45) is 0 Å². The lowest BCUT2D eigenvalue weighted by molar-refractivity contribution is 0.0690. The van der Waals surface area contributed by atoms with Crippen molar-refractivity contribution in [2.75, 3.05) is 11.9 Å². The van der Waals surface area contributed by atoms with Crippen LogP contribution in [0.15, 0.2) is 24.3 Å². The highest BCUT2D eigenvalue weighted by Crippen LogP contribution is 2.25. The van der Waals surface area contributed by atoms with E-state index in [-0.39, 0.29) is 18.3 Å². The van der Waals surface area contributed by atoms with Crippen molar-refractivity contribution >= 4 is 22.6 Å². The van der Waals surface area contributed by atoms with Gasteiger partial charge in [0.05, 0.1) is 11.2 Å². The zero-order chi connectivity index (χ0) is 14.5. The van der Waals surface area contributed by atoms with Crippen molar-refractivity contribution in [1.82, 2.24) is 10.2 Å². The number of aromatic carboxylic acids is 1. The number of anilines is 1. The summed E-state index contributed by atoms with van der Waals surface area (Å²) < 4.78 is 0. The third-order valence-corrected chi connectivity index (χ3v) is 3.19. The van der Waals surface area contributed by atoms with Gasteiger partial charge in [0.25, 0.3) is 0 Å². The number of aromatic nitrogens is 2. The van der Waals surface area contributed by atoms with E-state index in [1.807, 2.05) is 25.1 Å². The summed E-state index contributed by atoms with van der Waals surface area (Å²) in [6.45, 7) is 2.02. The fourth-order valence-electron chi connectivity index (χ4n) is 2.09. The van der Waals surface area contributed by atoms with Gasteiger partial charge in [0, 0.05) is 18.0 Å². The van der Waals surface area contributed by atoms with E-state index in [1.165, 1.54) is 0 Å². The van der Waals surface area contributed by atoms with Crippen LogP contribution >= 0.6 is 0 Å². The van der Waals surface area contributed by atoms with Crippen LogP contribution in [0.2, 0.25) is 0 Å². The van der Waals surface area contributed by atoms with Crippen LogP contribution in [-0.2, 0) is 0 Å². The molecule has 106 valence electrons. The molecule has 0 spiro atoms. The smallest absolute Gasteiger partial charge is 0.358 e. The summed E-state index contributed by atoms with van der Waals surface area (Å²) in [6, 6.07) is 7.24. The number of hydrogen-bond donors (Lipinski definition) is 3. The molecule has 1 atom stereocenters. The first-order chi connectivity index (χ1) is 9.67. The van der Waals surface area contributed by atoms with E-state index < -0.39 is 5.97 Å². The maximum Gasteiger partial charge on any atom is 0.358 e. The molecule has 6 heteroatoms. The van der Waals surface area contributed by atoms with Gasteiger partial charge >= 0.3 is 5.97 Å². The van der Waals surface area contributed by atoms with E-state index in [0.29, 0.717) is 17.6 Å². The highest BCUT2D eigenvalue weighted by molar-refractivity contribution is 6.02. The second-order valence-electron chi connectivity index (χ2n) is 4.51. The van der Waals surface area contributed by atoms with Crippen molar-refractivity contribution in [2.45, 2.75) is 25.8 Å². The molecule has 0 bridgehead atoms. The Balaban J connectivity index is 2.51. The average Bonchev–Trinajstić information content (AvgIpc) is 2.46. The molecular formula is C14H17N3O3. The second-order valence-corrected chi connectivity index (χ2v) is 4.51. The Kier molecular flexibility index (Phi) is 4.47. The van der Waals surface area contributed by atoms with Crippen LogP contribution in [0.25, 0.3) is 10.9 Å². The van der Waals surface area contributed by atoms with E-state index in [9.17, 15) is 9.90 Å². The van der Waals surface area contributed by atoms with Crippen LogP contribution in [0.4, 0.5) is 5.69 Å². The summed E-state index contributed by atoms with van der Waals surface area (Å²) in [5.74, 6) is -1.12. The quantitative estimate of drug-likeness (QED) is 0.745. The largest absolute Gasteiger partial charge is 0.476 e. The van der Waals surface area contributed by atoms with Crippen molar-refractivity contribution < 1.29 is 15.0 Å². The van der Waals surface area contributed by atoms with Crippen molar-refractivity contribution in [3.8, 4) is 0 Å². The van der Waals surface area contributed by atoms with Crippen LogP contribution in [-0.4, -0.2) is 39.0 Å². The highest BCUT2D eigenvalue weighted by atomic mass is 16.4. The number of fused-ring (bicyclic) bond motifs is 1. The Bertz CT molecular complexity index is 616. The van der Waals surface area contributed by atoms with E-state index in [2.05, 4.69) is 15.5 Å². The van der Waals surface area contributed by atoms with Crippen molar-refractivity contribution in [3.05, 3.63) is 30.0 Å². The summed E-state index contributed by atoms with van der Waals surface area (Å²) in [6.07, 6.45) is 1.32. The second kappa shape index (κ2) is 6.29. The minimum Gasteiger partial charge on any atom is -0.476 e. The standard InChI is InChI=1S/C14H17N3O3/c1-2-9(7-8-18)15-12-10-5-3-4-6-11(10)16-17-13(12)14(19)20/h3-6,9,18H,2,7-8H2,1H3,(H,15,16)(H,19,20). The number of carbonyl (C=O) groups is 1. The molecule has 0 radical (unpaired) electrons. The summed E-state index contributed by atoms with van der Waals surface area (Å²) >= 11 is 0. The molecule has 0 fully saturated rings. The fourth-order valence-corrected chi connectivity index (χ4v) is 2.09. The normalized spacial score (nSPS) is 12.3. The van der Waals surface area contributed by atoms with Gasteiger partial charge in [-0.1, -0.05) is 25.1 Å². The first-order valence-corrected chi connectivity index (χ1v) is 6.53. The monoisotopic (exact) mass is 275 g/mol. The molecule has 20 heavy (non-hydrogen) atoms. The van der Waals surface area contributed by atoms with Gasteiger partial charge in [-0.25, -0.2) is 4.79 Å². The lowest BCUT2D eigenvalue weighted by atomic mass is 10.1. The Labute approximate surface area is 116 Å². The summed E-state index contributed by atoms with van der Waals surface area (Å²) in [4.78, 5) is 11.3. The molecule has 1 aromatic heterocycles. The molecule has 2 aromatic rings. The number of aliphatic hydroxyl groups is 1. The summed E-state index contributed by atoms with van der Waals surface area (Å²) in [7, 11) is 0. The minimum absolute atomic E-state index is 0.00861. The van der Waals surface area contributed by atoms with Crippen LogP contribution in [0.1, 0.15) is 30.3 Å². The lowest BCUT2D eigenvalue weighted by Gasteiger charge is -2.19. The molecule has 2 rings (SSSR count). The molecule has 0 amide bonds. The zero-order valence-electron chi connectivity index (χ0n) is 11.2. The van der Waals surface area contributed by atoms with Gasteiger partial charge in [-0.05, 0) is 18.9 Å². The van der Waals surface area contributed by atoms with Gasteiger partial charge < -0.3 is 15.5 Å². The molecule has 0 saturated heterocycles. The third kappa shape index (κ3) is 2.85. The Hall–Kier alpha value is -2.21. The molecule has 0 saturated carbocycles. The number of nitrogens with zero attached hydrogens (tertiary/aromatic N) is 2. The van der Waals surface area contributed by atoms with Crippen molar-refractivity contribution in [3.63, 3.8) is 0 Å². The van der Waals surface area contributed by atoms with Crippen LogP contribution < -0.4 is 5.32 Å². The van der Waals surface area contributed by atoms with Gasteiger partial charge in [0.15, 0.2) is 5.69 Å². The van der Waals surface area contributed by atoms with E-state index in [0.717, 1.165) is 11.8 Å². The van der Waals surface area contributed by atoms with E-state index in [4.69, 9.17) is 5.11 Å². The van der Waals surface area contributed by atoms with Gasteiger partial charge in [0.1, 0.15) is 0 Å². The Morgan fingerprint density at radius 1 is 1.35 bits per heavy atom. The number of benzene rings is 1. The first-order valence-electron chi connectivity index (χ1n) is 6.53. The molecule has 6 nitrogen and oxygen atoms in total. The molecular weight excluding hydrogens is 258 g/mol. The van der Waals surface area contributed by atoms with Crippen LogP contribution in [0, 0.1) is 0 Å². The molecule has 0 aliphatic carbocycles.